The van der Waals surface area contributed by atoms with Gasteiger partial charge in [0.15, 0.2) is 15.0 Å². The standard InChI is InChI=1S/C24H26N4O6S2/c1-15(29)26-23-28-20(21(35-23)13-17-5-10-19(11-6-17)36(2,33)34)12-7-16-3-8-18(9-4-16)27-22(30)14-25-24(31)32/h3-6,8-11,25H,7,12-14H2,1-2H3,(H,27,30)(H,31,32)(H,26,28,29). The van der Waals surface area contributed by atoms with Crippen molar-refractivity contribution >= 4 is 49.9 Å². The Morgan fingerprint density at radius 1 is 0.944 bits per heavy atom. The van der Waals surface area contributed by atoms with Gasteiger partial charge >= 0.3 is 6.09 Å². The van der Waals surface area contributed by atoms with Crippen molar-refractivity contribution < 1.29 is 27.9 Å². The van der Waals surface area contributed by atoms with Gasteiger partial charge in [0.25, 0.3) is 0 Å². The molecule has 0 bridgehead atoms. The van der Waals surface area contributed by atoms with Gasteiger partial charge in [-0.1, -0.05) is 24.3 Å². The van der Waals surface area contributed by atoms with Gasteiger partial charge < -0.3 is 21.1 Å². The van der Waals surface area contributed by atoms with E-state index >= 15 is 0 Å². The highest BCUT2D eigenvalue weighted by Gasteiger charge is 2.14. The lowest BCUT2D eigenvalue weighted by Crippen LogP contribution is -2.31. The number of anilines is 2. The first kappa shape index (κ1) is 26.8. The lowest BCUT2D eigenvalue weighted by atomic mass is 10.0. The minimum absolute atomic E-state index is 0.212. The van der Waals surface area contributed by atoms with Crippen LogP contribution < -0.4 is 16.0 Å². The molecule has 3 amide bonds. The second kappa shape index (κ2) is 11.8. The van der Waals surface area contributed by atoms with E-state index in [4.69, 9.17) is 5.11 Å². The smallest absolute Gasteiger partial charge is 0.405 e. The number of aryl methyl sites for hydroxylation is 2. The molecule has 4 N–H and O–H groups in total. The molecule has 0 spiro atoms. The number of carbonyl (C=O) groups is 3. The number of aromatic nitrogens is 1. The molecule has 0 saturated heterocycles. The molecule has 0 unspecified atom stereocenters. The number of sulfone groups is 1. The van der Waals surface area contributed by atoms with E-state index in [1.165, 1.54) is 24.5 Å². The third kappa shape index (κ3) is 8.17. The van der Waals surface area contributed by atoms with E-state index in [2.05, 4.69) is 15.6 Å². The number of benzene rings is 2. The molecule has 0 aliphatic heterocycles. The monoisotopic (exact) mass is 530 g/mol. The molecule has 10 nitrogen and oxygen atoms in total. The fourth-order valence-electron chi connectivity index (χ4n) is 3.34. The molecule has 36 heavy (non-hydrogen) atoms. The first-order valence-electron chi connectivity index (χ1n) is 10.9. The van der Waals surface area contributed by atoms with Crippen molar-refractivity contribution in [2.45, 2.75) is 31.1 Å². The summed E-state index contributed by atoms with van der Waals surface area (Å²) in [6.45, 7) is 1.08. The SMILES string of the molecule is CC(=O)Nc1nc(CCc2ccc(NC(=O)CNC(=O)O)cc2)c(Cc2ccc(S(C)(=O)=O)cc2)s1. The van der Waals surface area contributed by atoms with Crippen molar-refractivity contribution in [3.8, 4) is 0 Å². The van der Waals surface area contributed by atoms with Crippen LogP contribution in [0.3, 0.4) is 0 Å². The van der Waals surface area contributed by atoms with Crippen molar-refractivity contribution in [1.29, 1.82) is 0 Å². The predicted molar refractivity (Wildman–Crippen MR) is 137 cm³/mol. The summed E-state index contributed by atoms with van der Waals surface area (Å²) >= 11 is 1.39. The van der Waals surface area contributed by atoms with Crippen LogP contribution in [-0.4, -0.2) is 49.2 Å². The maximum Gasteiger partial charge on any atom is 0.405 e. The second-order valence-electron chi connectivity index (χ2n) is 8.07. The van der Waals surface area contributed by atoms with Crippen LogP contribution in [0.2, 0.25) is 0 Å². The molecular weight excluding hydrogens is 504 g/mol. The van der Waals surface area contributed by atoms with Crippen LogP contribution in [0.5, 0.6) is 0 Å². The fraction of sp³-hybridized carbons (Fsp3) is 0.250. The van der Waals surface area contributed by atoms with Gasteiger partial charge in [0.2, 0.25) is 11.8 Å². The lowest BCUT2D eigenvalue weighted by molar-refractivity contribution is -0.115. The highest BCUT2D eigenvalue weighted by molar-refractivity contribution is 7.90. The quantitative estimate of drug-likeness (QED) is 0.314. The van der Waals surface area contributed by atoms with Crippen LogP contribution in [-0.2, 0) is 38.7 Å². The van der Waals surface area contributed by atoms with Crippen molar-refractivity contribution in [2.24, 2.45) is 0 Å². The normalized spacial score (nSPS) is 11.1. The molecule has 12 heteroatoms. The number of thiazole rings is 1. The molecule has 3 aromatic rings. The molecule has 0 atom stereocenters. The van der Waals surface area contributed by atoms with Gasteiger partial charge in [-0.25, -0.2) is 18.2 Å². The second-order valence-corrected chi connectivity index (χ2v) is 11.2. The lowest BCUT2D eigenvalue weighted by Gasteiger charge is -2.07. The summed E-state index contributed by atoms with van der Waals surface area (Å²) in [5, 5.41) is 16.4. The number of nitrogens with zero attached hydrogens (tertiary/aromatic N) is 1. The van der Waals surface area contributed by atoms with Crippen molar-refractivity contribution in [3.63, 3.8) is 0 Å². The minimum Gasteiger partial charge on any atom is -0.465 e. The minimum atomic E-state index is -3.27. The molecule has 0 radical (unpaired) electrons. The van der Waals surface area contributed by atoms with Gasteiger partial charge in [-0.2, -0.15) is 0 Å². The Hall–Kier alpha value is -3.77. The Bertz CT molecular complexity index is 1350. The molecule has 1 heterocycles. The molecular formula is C24H26N4O6S2. The van der Waals surface area contributed by atoms with Gasteiger partial charge in [0, 0.05) is 30.2 Å². The van der Waals surface area contributed by atoms with E-state index in [0.717, 1.165) is 21.7 Å². The maximum absolute atomic E-state index is 11.7. The van der Waals surface area contributed by atoms with E-state index < -0.39 is 21.8 Å². The number of rotatable bonds is 10. The summed E-state index contributed by atoms with van der Waals surface area (Å²) in [5.74, 6) is -0.678. The molecule has 0 aliphatic rings. The highest BCUT2D eigenvalue weighted by Crippen LogP contribution is 2.27. The molecule has 0 fully saturated rings. The topological polar surface area (TPSA) is 155 Å². The van der Waals surface area contributed by atoms with Gasteiger partial charge in [-0.3, -0.25) is 9.59 Å². The van der Waals surface area contributed by atoms with E-state index in [1.807, 2.05) is 17.4 Å². The molecule has 190 valence electrons. The Balaban J connectivity index is 1.68. The molecule has 3 rings (SSSR count). The Morgan fingerprint density at radius 2 is 1.58 bits per heavy atom. The Labute approximate surface area is 212 Å². The predicted octanol–water partition coefficient (Wildman–Crippen LogP) is 3.09. The Kier molecular flexibility index (Phi) is 8.78. The summed E-state index contributed by atoms with van der Waals surface area (Å²) in [6.07, 6.45) is 1.72. The number of hydrogen-bond donors (Lipinski definition) is 4. The molecule has 0 aliphatic carbocycles. The first-order valence-corrected chi connectivity index (χ1v) is 13.6. The number of amides is 3. The van der Waals surface area contributed by atoms with Crippen molar-refractivity contribution in [3.05, 3.63) is 70.2 Å². The average Bonchev–Trinajstić information content (AvgIpc) is 3.17. The van der Waals surface area contributed by atoms with E-state index in [0.29, 0.717) is 30.1 Å². The third-order valence-electron chi connectivity index (χ3n) is 5.07. The van der Waals surface area contributed by atoms with Crippen molar-refractivity contribution in [1.82, 2.24) is 10.3 Å². The number of carbonyl (C=O) groups excluding carboxylic acids is 2. The van der Waals surface area contributed by atoms with E-state index in [9.17, 15) is 22.8 Å². The van der Waals surface area contributed by atoms with Crippen molar-refractivity contribution in [2.75, 3.05) is 23.4 Å². The summed E-state index contributed by atoms with van der Waals surface area (Å²) in [6, 6.07) is 13.9. The van der Waals surface area contributed by atoms with Crippen LogP contribution >= 0.6 is 11.3 Å². The third-order valence-corrected chi connectivity index (χ3v) is 7.21. The van der Waals surface area contributed by atoms with Gasteiger partial charge in [0.05, 0.1) is 10.6 Å². The maximum atomic E-state index is 11.7. The van der Waals surface area contributed by atoms with E-state index in [1.54, 1.807) is 36.4 Å². The van der Waals surface area contributed by atoms with E-state index in [-0.39, 0.29) is 17.3 Å². The van der Waals surface area contributed by atoms with Crippen LogP contribution in [0, 0.1) is 0 Å². The summed E-state index contributed by atoms with van der Waals surface area (Å²) in [7, 11) is -3.27. The van der Waals surface area contributed by atoms with Crippen LogP contribution in [0.25, 0.3) is 0 Å². The largest absolute Gasteiger partial charge is 0.465 e. The average molecular weight is 531 g/mol. The first-order chi connectivity index (χ1) is 17.0. The van der Waals surface area contributed by atoms with Gasteiger partial charge in [-0.15, -0.1) is 11.3 Å². The van der Waals surface area contributed by atoms with Gasteiger partial charge in [-0.05, 0) is 48.2 Å². The number of nitrogens with one attached hydrogen (secondary N) is 3. The summed E-state index contributed by atoms with van der Waals surface area (Å²) in [4.78, 5) is 39.6. The zero-order valence-electron chi connectivity index (χ0n) is 19.7. The summed E-state index contributed by atoms with van der Waals surface area (Å²) in [5.41, 5.74) is 3.33. The molecule has 2 aromatic carbocycles. The van der Waals surface area contributed by atoms with Crippen LogP contribution in [0.15, 0.2) is 53.4 Å². The zero-order chi connectivity index (χ0) is 26.3. The van der Waals surface area contributed by atoms with Crippen LogP contribution in [0.1, 0.15) is 28.6 Å². The van der Waals surface area contributed by atoms with Crippen LogP contribution in [0.4, 0.5) is 15.6 Å². The Morgan fingerprint density at radius 3 is 2.17 bits per heavy atom. The molecule has 1 aromatic heterocycles. The summed E-state index contributed by atoms with van der Waals surface area (Å²) < 4.78 is 23.4. The fourth-order valence-corrected chi connectivity index (χ4v) is 5.06. The zero-order valence-corrected chi connectivity index (χ0v) is 21.3. The molecule has 0 saturated carbocycles. The van der Waals surface area contributed by atoms with Gasteiger partial charge in [0.1, 0.15) is 6.54 Å². The highest BCUT2D eigenvalue weighted by atomic mass is 32.2. The number of carboxylic acid groups (broad SMARTS) is 1. The number of hydrogen-bond acceptors (Lipinski definition) is 7.